The molecule has 168 valence electrons. The van der Waals surface area contributed by atoms with Gasteiger partial charge in [-0.2, -0.15) is 0 Å². The van der Waals surface area contributed by atoms with Gasteiger partial charge >= 0.3 is 5.97 Å². The van der Waals surface area contributed by atoms with Crippen molar-refractivity contribution < 1.29 is 9.90 Å². The fourth-order valence-electron chi connectivity index (χ4n) is 4.45. The van der Waals surface area contributed by atoms with Crippen molar-refractivity contribution in [3.63, 3.8) is 0 Å². The molecule has 1 aromatic carbocycles. The summed E-state index contributed by atoms with van der Waals surface area (Å²) in [6.07, 6.45) is 5.79. The number of aryl methyl sites for hydroxylation is 1. The van der Waals surface area contributed by atoms with E-state index in [0.717, 1.165) is 64.2 Å². The Bertz CT molecular complexity index is 1310. The molecule has 0 amide bonds. The predicted octanol–water partition coefficient (Wildman–Crippen LogP) is 3.66. The van der Waals surface area contributed by atoms with E-state index >= 15 is 0 Å². The standard InChI is InChI=1S/C27H28N4O2/c1-26(2,28)10-9-16-3-5-17(6-4-16)21-13-20-18(15-30-21)7-8-19-23(25(32)33)22(31-24(19)20)14-27(29)11-12-27/h3-6,13,15,31H,7-8,11-12,14,28-29H2,1-2H3,(H,32,33). The molecule has 2 aliphatic rings. The largest absolute Gasteiger partial charge is 0.478 e. The number of rotatable bonds is 4. The lowest BCUT2D eigenvalue weighted by molar-refractivity contribution is 0.0694. The number of benzene rings is 1. The number of nitrogens with one attached hydrogen (secondary N) is 1. The second-order valence-corrected chi connectivity index (χ2v) is 9.95. The summed E-state index contributed by atoms with van der Waals surface area (Å²) in [6, 6.07) is 9.98. The van der Waals surface area contributed by atoms with Crippen LogP contribution in [0.2, 0.25) is 0 Å². The number of nitrogens with two attached hydrogens (primary N) is 2. The molecule has 0 aliphatic heterocycles. The maximum absolute atomic E-state index is 12.1. The van der Waals surface area contributed by atoms with Crippen LogP contribution in [-0.2, 0) is 19.3 Å². The molecule has 2 aliphatic carbocycles. The summed E-state index contributed by atoms with van der Waals surface area (Å²) >= 11 is 0. The first kappa shape index (κ1) is 21.4. The third-order valence-electron chi connectivity index (χ3n) is 6.43. The molecule has 6 heteroatoms. The van der Waals surface area contributed by atoms with Crippen LogP contribution >= 0.6 is 0 Å². The molecule has 0 spiro atoms. The molecule has 2 heterocycles. The van der Waals surface area contributed by atoms with Gasteiger partial charge < -0.3 is 21.6 Å². The SMILES string of the molecule is CC(C)(N)C#Cc1ccc(-c2cc3c(cn2)CCc2c-3[nH]c(CC3(N)CC3)c2C(=O)O)cc1. The number of carboxylic acids is 1. The Morgan fingerprint density at radius 2 is 1.97 bits per heavy atom. The van der Waals surface area contributed by atoms with Gasteiger partial charge in [0.05, 0.1) is 22.5 Å². The van der Waals surface area contributed by atoms with E-state index in [4.69, 9.17) is 11.5 Å². The van der Waals surface area contributed by atoms with Gasteiger partial charge in [-0.25, -0.2) is 4.79 Å². The number of hydrogen-bond acceptors (Lipinski definition) is 4. The number of pyridine rings is 1. The van der Waals surface area contributed by atoms with Crippen molar-refractivity contribution in [1.29, 1.82) is 0 Å². The molecular formula is C27H28N4O2. The molecule has 1 saturated carbocycles. The second kappa shape index (κ2) is 7.58. The molecule has 0 radical (unpaired) electrons. The molecule has 0 atom stereocenters. The summed E-state index contributed by atoms with van der Waals surface area (Å²) in [6.45, 7) is 3.75. The number of hydrogen-bond donors (Lipinski definition) is 4. The summed E-state index contributed by atoms with van der Waals surface area (Å²) in [5.41, 5.74) is 19.2. The van der Waals surface area contributed by atoms with Gasteiger partial charge in [0.25, 0.3) is 0 Å². The first-order chi connectivity index (χ1) is 15.6. The first-order valence-electron chi connectivity index (χ1n) is 11.3. The Kier molecular flexibility index (Phi) is 4.93. The van der Waals surface area contributed by atoms with Crippen LogP contribution in [-0.4, -0.2) is 32.1 Å². The lowest BCUT2D eigenvalue weighted by Crippen LogP contribution is -2.29. The van der Waals surface area contributed by atoms with E-state index in [1.54, 1.807) is 0 Å². The topological polar surface area (TPSA) is 118 Å². The third-order valence-corrected chi connectivity index (χ3v) is 6.43. The number of aromatic amines is 1. The molecule has 0 bridgehead atoms. The quantitative estimate of drug-likeness (QED) is 0.462. The summed E-state index contributed by atoms with van der Waals surface area (Å²) in [4.78, 5) is 20.2. The average molecular weight is 441 g/mol. The highest BCUT2D eigenvalue weighted by Crippen LogP contribution is 2.41. The Morgan fingerprint density at radius 3 is 2.61 bits per heavy atom. The molecule has 6 N–H and O–H groups in total. The van der Waals surface area contributed by atoms with Crippen molar-refractivity contribution in [3.05, 3.63) is 64.5 Å². The van der Waals surface area contributed by atoms with Gasteiger partial charge in [0.1, 0.15) is 0 Å². The summed E-state index contributed by atoms with van der Waals surface area (Å²) in [7, 11) is 0. The maximum Gasteiger partial charge on any atom is 0.337 e. The van der Waals surface area contributed by atoms with Crippen molar-refractivity contribution in [2.24, 2.45) is 11.5 Å². The van der Waals surface area contributed by atoms with Crippen LogP contribution in [0, 0.1) is 11.8 Å². The Labute approximate surface area is 193 Å². The third kappa shape index (κ3) is 4.30. The van der Waals surface area contributed by atoms with E-state index in [2.05, 4.69) is 27.9 Å². The minimum atomic E-state index is -0.887. The van der Waals surface area contributed by atoms with Crippen molar-refractivity contribution in [2.45, 2.75) is 57.0 Å². The highest BCUT2D eigenvalue weighted by molar-refractivity contribution is 5.95. The first-order valence-corrected chi connectivity index (χ1v) is 11.3. The number of aromatic nitrogens is 2. The van der Waals surface area contributed by atoms with Gasteiger partial charge in [0.15, 0.2) is 0 Å². The number of H-pyrrole nitrogens is 1. The van der Waals surface area contributed by atoms with Crippen LogP contribution in [0.1, 0.15) is 59.4 Å². The molecule has 3 aromatic rings. The van der Waals surface area contributed by atoms with E-state index in [1.165, 1.54) is 0 Å². The van der Waals surface area contributed by atoms with E-state index in [9.17, 15) is 9.90 Å². The van der Waals surface area contributed by atoms with Crippen LogP contribution < -0.4 is 11.5 Å². The Morgan fingerprint density at radius 1 is 1.24 bits per heavy atom. The van der Waals surface area contributed by atoms with E-state index < -0.39 is 11.5 Å². The van der Waals surface area contributed by atoms with E-state index in [0.29, 0.717) is 18.4 Å². The molecule has 0 unspecified atom stereocenters. The number of carbonyl (C=O) groups is 1. The molecule has 5 rings (SSSR count). The molecule has 33 heavy (non-hydrogen) atoms. The Balaban J connectivity index is 1.52. The van der Waals surface area contributed by atoms with Crippen molar-refractivity contribution in [3.8, 4) is 34.4 Å². The van der Waals surface area contributed by atoms with Gasteiger partial charge in [0, 0.05) is 40.5 Å². The lowest BCUT2D eigenvalue weighted by atomic mass is 9.88. The zero-order valence-corrected chi connectivity index (χ0v) is 19.0. The fourth-order valence-corrected chi connectivity index (χ4v) is 4.45. The summed E-state index contributed by atoms with van der Waals surface area (Å²) in [5.74, 6) is 5.25. The summed E-state index contributed by atoms with van der Waals surface area (Å²) in [5, 5.41) is 9.94. The van der Waals surface area contributed by atoms with Crippen molar-refractivity contribution >= 4 is 5.97 Å². The fraction of sp³-hybridized carbons (Fsp3) is 0.333. The Hall–Kier alpha value is -3.40. The van der Waals surface area contributed by atoms with Gasteiger partial charge in [-0.1, -0.05) is 24.0 Å². The minimum Gasteiger partial charge on any atom is -0.478 e. The van der Waals surface area contributed by atoms with Crippen LogP contribution in [0.15, 0.2) is 36.5 Å². The van der Waals surface area contributed by atoms with E-state index in [1.807, 2.05) is 44.3 Å². The van der Waals surface area contributed by atoms with Crippen LogP contribution in [0.5, 0.6) is 0 Å². The second-order valence-electron chi connectivity index (χ2n) is 9.95. The molecule has 6 nitrogen and oxygen atoms in total. The van der Waals surface area contributed by atoms with Crippen molar-refractivity contribution in [1.82, 2.24) is 9.97 Å². The van der Waals surface area contributed by atoms with Crippen LogP contribution in [0.4, 0.5) is 0 Å². The summed E-state index contributed by atoms with van der Waals surface area (Å²) < 4.78 is 0. The monoisotopic (exact) mass is 440 g/mol. The average Bonchev–Trinajstić information content (AvgIpc) is 3.37. The zero-order valence-electron chi connectivity index (χ0n) is 19.0. The van der Waals surface area contributed by atoms with Gasteiger partial charge in [-0.3, -0.25) is 4.98 Å². The van der Waals surface area contributed by atoms with Gasteiger partial charge in [-0.05, 0) is 68.9 Å². The van der Waals surface area contributed by atoms with Crippen LogP contribution in [0.3, 0.4) is 0 Å². The van der Waals surface area contributed by atoms with Gasteiger partial charge in [-0.15, -0.1) is 0 Å². The normalized spacial score (nSPS) is 15.8. The lowest BCUT2D eigenvalue weighted by Gasteiger charge is -2.17. The highest BCUT2D eigenvalue weighted by atomic mass is 16.4. The molecule has 2 aromatic heterocycles. The highest BCUT2D eigenvalue weighted by Gasteiger charge is 2.40. The molecule has 0 saturated heterocycles. The predicted molar refractivity (Wildman–Crippen MR) is 129 cm³/mol. The van der Waals surface area contributed by atoms with E-state index in [-0.39, 0.29) is 5.54 Å². The number of nitrogens with zero attached hydrogens (tertiary/aromatic N) is 1. The number of fused-ring (bicyclic) bond motifs is 3. The number of carboxylic acid groups (broad SMARTS) is 1. The molecule has 1 fully saturated rings. The van der Waals surface area contributed by atoms with Crippen LogP contribution in [0.25, 0.3) is 22.5 Å². The zero-order chi connectivity index (χ0) is 23.4. The molecular weight excluding hydrogens is 412 g/mol. The smallest absolute Gasteiger partial charge is 0.337 e. The van der Waals surface area contributed by atoms with Crippen molar-refractivity contribution in [2.75, 3.05) is 0 Å². The maximum atomic E-state index is 12.1. The van der Waals surface area contributed by atoms with Gasteiger partial charge in [0.2, 0.25) is 0 Å². The number of aromatic carboxylic acids is 1. The minimum absolute atomic E-state index is 0.270.